The zero-order chi connectivity index (χ0) is 25.1. The lowest BCUT2D eigenvalue weighted by molar-refractivity contribution is 0.0597. The van der Waals surface area contributed by atoms with Gasteiger partial charge in [-0.2, -0.15) is 0 Å². The van der Waals surface area contributed by atoms with Gasteiger partial charge in [-0.1, -0.05) is 30.3 Å². The molecule has 0 bridgehead atoms. The van der Waals surface area contributed by atoms with Crippen LogP contribution >= 0.6 is 0 Å². The van der Waals surface area contributed by atoms with E-state index in [1.54, 1.807) is 53.4 Å². The topological polar surface area (TPSA) is 64.7 Å². The Morgan fingerprint density at radius 3 is 1.94 bits per heavy atom. The van der Waals surface area contributed by atoms with Crippen molar-refractivity contribution in [3.8, 4) is 0 Å². The van der Waals surface area contributed by atoms with Gasteiger partial charge in [0.05, 0.1) is 6.04 Å². The summed E-state index contributed by atoms with van der Waals surface area (Å²) >= 11 is 0. The highest BCUT2D eigenvalue weighted by molar-refractivity contribution is 5.97. The van der Waals surface area contributed by atoms with Gasteiger partial charge in [0.1, 0.15) is 11.6 Å². The molecule has 1 heterocycles. The third kappa shape index (κ3) is 5.71. The first-order chi connectivity index (χ1) is 17.5. The second-order valence-electron chi connectivity index (χ2n) is 9.29. The number of rotatable bonds is 6. The Bertz CT molecular complexity index is 1180. The van der Waals surface area contributed by atoms with Crippen LogP contribution in [0.15, 0.2) is 72.8 Å². The SMILES string of the molecule is O=C(Nc1cccc(C(=O)N2CCN(C(c3ccc(F)cc3)c3ccc(F)cc3)CC2)c1)NC1CC1. The van der Waals surface area contributed by atoms with E-state index in [1.165, 1.54) is 24.3 Å². The molecule has 5 rings (SSSR count). The highest BCUT2D eigenvalue weighted by Crippen LogP contribution is 2.30. The minimum atomic E-state index is -0.311. The predicted molar refractivity (Wildman–Crippen MR) is 134 cm³/mol. The molecule has 0 unspecified atom stereocenters. The minimum Gasteiger partial charge on any atom is -0.336 e. The van der Waals surface area contributed by atoms with Crippen molar-refractivity contribution in [1.82, 2.24) is 15.1 Å². The summed E-state index contributed by atoms with van der Waals surface area (Å²) in [5.41, 5.74) is 2.91. The molecule has 2 N–H and O–H groups in total. The van der Waals surface area contributed by atoms with Crippen LogP contribution in [0.2, 0.25) is 0 Å². The predicted octanol–water partition coefficient (Wildman–Crippen LogP) is 4.80. The Balaban J connectivity index is 1.26. The molecule has 1 saturated carbocycles. The van der Waals surface area contributed by atoms with Crippen molar-refractivity contribution in [2.24, 2.45) is 0 Å². The largest absolute Gasteiger partial charge is 0.336 e. The normalized spacial score (nSPS) is 16.1. The molecule has 8 heteroatoms. The highest BCUT2D eigenvalue weighted by atomic mass is 19.1. The van der Waals surface area contributed by atoms with E-state index in [9.17, 15) is 18.4 Å². The van der Waals surface area contributed by atoms with Crippen LogP contribution in [0, 0.1) is 11.6 Å². The lowest BCUT2D eigenvalue weighted by atomic mass is 9.96. The van der Waals surface area contributed by atoms with E-state index in [-0.39, 0.29) is 35.7 Å². The van der Waals surface area contributed by atoms with Gasteiger partial charge in [0.2, 0.25) is 0 Å². The third-order valence-corrected chi connectivity index (χ3v) is 6.62. The van der Waals surface area contributed by atoms with E-state index < -0.39 is 0 Å². The molecule has 6 nitrogen and oxygen atoms in total. The molecule has 3 amide bonds. The fourth-order valence-electron chi connectivity index (χ4n) is 4.58. The molecule has 0 spiro atoms. The second kappa shape index (κ2) is 10.5. The van der Waals surface area contributed by atoms with Gasteiger partial charge < -0.3 is 15.5 Å². The molecule has 0 radical (unpaired) electrons. The van der Waals surface area contributed by atoms with Crippen LogP contribution in [-0.2, 0) is 0 Å². The summed E-state index contributed by atoms with van der Waals surface area (Å²) in [5, 5.41) is 5.67. The zero-order valence-corrected chi connectivity index (χ0v) is 19.8. The average molecular weight is 491 g/mol. The van der Waals surface area contributed by atoms with Gasteiger partial charge in [-0.15, -0.1) is 0 Å². The van der Waals surface area contributed by atoms with Crippen molar-refractivity contribution in [2.45, 2.75) is 24.9 Å². The number of hydrogen-bond donors (Lipinski definition) is 2. The molecule has 0 atom stereocenters. The second-order valence-corrected chi connectivity index (χ2v) is 9.29. The monoisotopic (exact) mass is 490 g/mol. The number of halogens is 2. The minimum absolute atomic E-state index is 0.0963. The van der Waals surface area contributed by atoms with E-state index in [4.69, 9.17) is 0 Å². The molecule has 2 fully saturated rings. The number of carbonyl (C=O) groups is 2. The summed E-state index contributed by atoms with van der Waals surface area (Å²) in [5.74, 6) is -0.719. The van der Waals surface area contributed by atoms with Crippen molar-refractivity contribution in [3.63, 3.8) is 0 Å². The summed E-state index contributed by atoms with van der Waals surface area (Å²) in [6.45, 7) is 2.23. The average Bonchev–Trinajstić information content (AvgIpc) is 3.70. The number of carbonyl (C=O) groups excluding carboxylic acids is 2. The first kappa shape index (κ1) is 23.9. The van der Waals surface area contributed by atoms with Crippen LogP contribution in [0.3, 0.4) is 0 Å². The number of nitrogens with one attached hydrogen (secondary N) is 2. The first-order valence-electron chi connectivity index (χ1n) is 12.2. The van der Waals surface area contributed by atoms with Gasteiger partial charge in [0.25, 0.3) is 5.91 Å². The van der Waals surface area contributed by atoms with Crippen LogP contribution in [0.1, 0.15) is 40.4 Å². The first-order valence-corrected chi connectivity index (χ1v) is 12.2. The fraction of sp³-hybridized carbons (Fsp3) is 0.286. The molecule has 1 aliphatic carbocycles. The maximum Gasteiger partial charge on any atom is 0.319 e. The summed E-state index contributed by atoms with van der Waals surface area (Å²) in [4.78, 5) is 29.3. The van der Waals surface area contributed by atoms with Gasteiger partial charge in [-0.05, 0) is 66.4 Å². The van der Waals surface area contributed by atoms with E-state index >= 15 is 0 Å². The van der Waals surface area contributed by atoms with Gasteiger partial charge in [0.15, 0.2) is 0 Å². The standard InChI is InChI=1S/C28H28F2N4O2/c29-22-8-4-19(5-9-22)26(20-6-10-23(30)11-7-20)33-14-16-34(17-15-33)27(35)21-2-1-3-25(18-21)32-28(36)31-24-12-13-24/h1-11,18,24,26H,12-17H2,(H2,31,32,36). The van der Waals surface area contributed by atoms with Crippen LogP contribution in [0.25, 0.3) is 0 Å². The Morgan fingerprint density at radius 1 is 0.806 bits per heavy atom. The van der Waals surface area contributed by atoms with Crippen molar-refractivity contribution in [1.29, 1.82) is 0 Å². The van der Waals surface area contributed by atoms with Crippen LogP contribution < -0.4 is 10.6 Å². The van der Waals surface area contributed by atoms with Gasteiger partial charge in [0, 0.05) is 43.5 Å². The number of urea groups is 1. The number of piperazine rings is 1. The number of benzene rings is 3. The molecular formula is C28H28F2N4O2. The van der Waals surface area contributed by atoms with Gasteiger partial charge in [-0.25, -0.2) is 13.6 Å². The van der Waals surface area contributed by atoms with E-state index in [1.807, 2.05) is 0 Å². The van der Waals surface area contributed by atoms with Gasteiger partial charge >= 0.3 is 6.03 Å². The van der Waals surface area contributed by atoms with Crippen LogP contribution in [-0.4, -0.2) is 54.0 Å². The van der Waals surface area contributed by atoms with Gasteiger partial charge in [-0.3, -0.25) is 9.69 Å². The molecule has 3 aromatic rings. The number of amides is 3. The zero-order valence-electron chi connectivity index (χ0n) is 19.8. The van der Waals surface area contributed by atoms with E-state index in [0.717, 1.165) is 24.0 Å². The summed E-state index contributed by atoms with van der Waals surface area (Å²) in [7, 11) is 0. The molecule has 1 aliphatic heterocycles. The quantitative estimate of drug-likeness (QED) is 0.522. The summed E-state index contributed by atoms with van der Waals surface area (Å²) in [6, 6.07) is 19.5. The van der Waals surface area contributed by atoms with Crippen molar-refractivity contribution in [2.75, 3.05) is 31.5 Å². The summed E-state index contributed by atoms with van der Waals surface area (Å²) in [6.07, 6.45) is 2.00. The Kier molecular flexibility index (Phi) is 6.95. The Morgan fingerprint density at radius 2 is 1.39 bits per heavy atom. The molecule has 2 aliphatic rings. The fourth-order valence-corrected chi connectivity index (χ4v) is 4.58. The third-order valence-electron chi connectivity index (χ3n) is 6.62. The maximum atomic E-state index is 13.6. The van der Waals surface area contributed by atoms with Crippen molar-refractivity contribution < 1.29 is 18.4 Å². The Labute approximate surface area is 208 Å². The number of nitrogens with zero attached hydrogens (tertiary/aromatic N) is 2. The van der Waals surface area contributed by atoms with Crippen LogP contribution in [0.5, 0.6) is 0 Å². The van der Waals surface area contributed by atoms with Crippen molar-refractivity contribution in [3.05, 3.63) is 101 Å². The number of anilines is 1. The summed E-state index contributed by atoms with van der Waals surface area (Å²) < 4.78 is 27.1. The molecule has 0 aromatic heterocycles. The van der Waals surface area contributed by atoms with E-state index in [2.05, 4.69) is 15.5 Å². The molecule has 1 saturated heterocycles. The number of hydrogen-bond acceptors (Lipinski definition) is 3. The smallest absolute Gasteiger partial charge is 0.319 e. The highest BCUT2D eigenvalue weighted by Gasteiger charge is 2.29. The van der Waals surface area contributed by atoms with Crippen molar-refractivity contribution >= 4 is 17.6 Å². The molecule has 186 valence electrons. The molecule has 3 aromatic carbocycles. The molecule has 36 heavy (non-hydrogen) atoms. The molecular weight excluding hydrogens is 462 g/mol. The van der Waals surface area contributed by atoms with Crippen LogP contribution in [0.4, 0.5) is 19.3 Å². The maximum absolute atomic E-state index is 13.6. The lowest BCUT2D eigenvalue weighted by Crippen LogP contribution is -2.49. The Hall–Kier alpha value is -3.78. The van der Waals surface area contributed by atoms with E-state index in [0.29, 0.717) is 37.4 Å². The lowest BCUT2D eigenvalue weighted by Gasteiger charge is -2.40.